The molecule has 0 amide bonds. The summed E-state index contributed by atoms with van der Waals surface area (Å²) in [5, 5.41) is 14.5. The van der Waals surface area contributed by atoms with Gasteiger partial charge in [0.1, 0.15) is 0 Å². The zero-order valence-corrected chi connectivity index (χ0v) is 11.9. The smallest absolute Gasteiger partial charge is 0.0860 e. The van der Waals surface area contributed by atoms with Gasteiger partial charge in [0.25, 0.3) is 0 Å². The first-order valence-corrected chi connectivity index (χ1v) is 6.86. The predicted molar refractivity (Wildman–Crippen MR) is 77.1 cm³/mol. The molecule has 0 fully saturated rings. The third kappa shape index (κ3) is 3.44. The second kappa shape index (κ2) is 6.02. The normalized spacial score (nSPS) is 12.6. The minimum atomic E-state index is -0.479. The Hall–Kier alpha value is -1.61. The van der Waals surface area contributed by atoms with Crippen molar-refractivity contribution in [3.63, 3.8) is 0 Å². The van der Waals surface area contributed by atoms with E-state index in [0.29, 0.717) is 6.42 Å². The predicted octanol–water partition coefficient (Wildman–Crippen LogP) is 3.19. The number of aliphatic hydroxyl groups is 1. The van der Waals surface area contributed by atoms with Gasteiger partial charge in [-0.25, -0.2) is 0 Å². The highest BCUT2D eigenvalue weighted by Gasteiger charge is 2.11. The lowest BCUT2D eigenvalue weighted by Crippen LogP contribution is -2.02. The van der Waals surface area contributed by atoms with Gasteiger partial charge < -0.3 is 5.11 Å². The number of aliphatic hydroxyl groups excluding tert-OH is 1. The number of nitrogens with zero attached hydrogens (tertiary/aromatic N) is 2. The SMILES string of the molecule is CCCn1cc(C(O)Cc2ccc(C)c(C)c2)cn1. The number of rotatable bonds is 5. The molecule has 3 heteroatoms. The molecule has 2 rings (SSSR count). The summed E-state index contributed by atoms with van der Waals surface area (Å²) in [4.78, 5) is 0. The van der Waals surface area contributed by atoms with Gasteiger partial charge >= 0.3 is 0 Å². The molecule has 0 aliphatic heterocycles. The lowest BCUT2D eigenvalue weighted by Gasteiger charge is -2.10. The summed E-state index contributed by atoms with van der Waals surface area (Å²) < 4.78 is 1.89. The van der Waals surface area contributed by atoms with Gasteiger partial charge in [-0.05, 0) is 37.0 Å². The zero-order chi connectivity index (χ0) is 13.8. The van der Waals surface area contributed by atoms with E-state index in [1.165, 1.54) is 16.7 Å². The molecular formula is C16H22N2O. The van der Waals surface area contributed by atoms with Crippen molar-refractivity contribution in [3.05, 3.63) is 52.8 Å². The summed E-state index contributed by atoms with van der Waals surface area (Å²) in [6.07, 6.45) is 4.91. The molecule has 1 heterocycles. The Morgan fingerprint density at radius 3 is 2.74 bits per heavy atom. The van der Waals surface area contributed by atoms with Crippen molar-refractivity contribution in [2.24, 2.45) is 0 Å². The van der Waals surface area contributed by atoms with Crippen LogP contribution in [0.5, 0.6) is 0 Å². The van der Waals surface area contributed by atoms with Crippen LogP contribution in [-0.2, 0) is 13.0 Å². The van der Waals surface area contributed by atoms with E-state index in [0.717, 1.165) is 18.5 Å². The van der Waals surface area contributed by atoms with Crippen molar-refractivity contribution in [2.75, 3.05) is 0 Å². The number of hydrogen-bond acceptors (Lipinski definition) is 2. The van der Waals surface area contributed by atoms with E-state index in [-0.39, 0.29) is 0 Å². The fourth-order valence-corrected chi connectivity index (χ4v) is 2.17. The van der Waals surface area contributed by atoms with E-state index >= 15 is 0 Å². The highest BCUT2D eigenvalue weighted by Crippen LogP contribution is 2.19. The van der Waals surface area contributed by atoms with Crippen molar-refractivity contribution < 1.29 is 5.11 Å². The molecular weight excluding hydrogens is 236 g/mol. The molecule has 0 saturated heterocycles. The van der Waals surface area contributed by atoms with E-state index in [9.17, 15) is 5.11 Å². The zero-order valence-electron chi connectivity index (χ0n) is 11.9. The first-order chi connectivity index (χ1) is 9.10. The fraction of sp³-hybridized carbons (Fsp3) is 0.438. The molecule has 1 N–H and O–H groups in total. The molecule has 0 radical (unpaired) electrons. The summed E-state index contributed by atoms with van der Waals surface area (Å²) in [6, 6.07) is 6.34. The molecule has 2 aromatic rings. The Balaban J connectivity index is 2.06. The van der Waals surface area contributed by atoms with Crippen LogP contribution in [-0.4, -0.2) is 14.9 Å². The molecule has 1 unspecified atom stereocenters. The van der Waals surface area contributed by atoms with Gasteiger partial charge in [0.05, 0.1) is 12.3 Å². The second-order valence-corrected chi connectivity index (χ2v) is 5.18. The Morgan fingerprint density at radius 2 is 2.05 bits per heavy atom. The molecule has 0 aliphatic rings. The van der Waals surface area contributed by atoms with Crippen molar-refractivity contribution in [1.82, 2.24) is 9.78 Å². The highest BCUT2D eigenvalue weighted by molar-refractivity contribution is 5.30. The van der Waals surface area contributed by atoms with Crippen LogP contribution < -0.4 is 0 Å². The summed E-state index contributed by atoms with van der Waals surface area (Å²) in [5.41, 5.74) is 4.62. The monoisotopic (exact) mass is 258 g/mol. The minimum Gasteiger partial charge on any atom is -0.388 e. The number of aromatic nitrogens is 2. The van der Waals surface area contributed by atoms with Gasteiger partial charge in [-0.1, -0.05) is 25.1 Å². The summed E-state index contributed by atoms with van der Waals surface area (Å²) in [5.74, 6) is 0. The second-order valence-electron chi connectivity index (χ2n) is 5.18. The van der Waals surface area contributed by atoms with E-state index in [1.807, 2.05) is 10.9 Å². The van der Waals surface area contributed by atoms with E-state index in [2.05, 4.69) is 44.1 Å². The maximum Gasteiger partial charge on any atom is 0.0860 e. The largest absolute Gasteiger partial charge is 0.388 e. The average molecular weight is 258 g/mol. The van der Waals surface area contributed by atoms with Crippen molar-refractivity contribution in [1.29, 1.82) is 0 Å². The van der Waals surface area contributed by atoms with Crippen LogP contribution >= 0.6 is 0 Å². The summed E-state index contributed by atoms with van der Waals surface area (Å²) >= 11 is 0. The van der Waals surface area contributed by atoms with Crippen LogP contribution in [0.25, 0.3) is 0 Å². The molecule has 0 saturated carbocycles. The third-order valence-electron chi connectivity index (χ3n) is 3.49. The molecule has 0 spiro atoms. The Kier molecular flexibility index (Phi) is 4.38. The first kappa shape index (κ1) is 13.8. The van der Waals surface area contributed by atoms with Gasteiger partial charge in [0.2, 0.25) is 0 Å². The van der Waals surface area contributed by atoms with Crippen molar-refractivity contribution in [3.8, 4) is 0 Å². The molecule has 0 bridgehead atoms. The molecule has 102 valence electrons. The van der Waals surface area contributed by atoms with E-state index < -0.39 is 6.10 Å². The minimum absolute atomic E-state index is 0.479. The van der Waals surface area contributed by atoms with Gasteiger partial charge in [0, 0.05) is 24.7 Å². The molecule has 3 nitrogen and oxygen atoms in total. The van der Waals surface area contributed by atoms with Gasteiger partial charge in [-0.3, -0.25) is 4.68 Å². The van der Waals surface area contributed by atoms with Crippen LogP contribution in [0.3, 0.4) is 0 Å². The quantitative estimate of drug-likeness (QED) is 0.894. The lowest BCUT2D eigenvalue weighted by molar-refractivity contribution is 0.178. The number of hydrogen-bond donors (Lipinski definition) is 1. The van der Waals surface area contributed by atoms with Crippen LogP contribution in [0.4, 0.5) is 0 Å². The maximum absolute atomic E-state index is 10.3. The van der Waals surface area contributed by atoms with Crippen LogP contribution in [0.1, 0.15) is 41.7 Å². The van der Waals surface area contributed by atoms with Gasteiger partial charge in [0.15, 0.2) is 0 Å². The lowest BCUT2D eigenvalue weighted by atomic mass is 10.00. The first-order valence-electron chi connectivity index (χ1n) is 6.86. The Bertz CT molecular complexity index is 545. The molecule has 1 atom stereocenters. The van der Waals surface area contributed by atoms with Gasteiger partial charge in [-0.15, -0.1) is 0 Å². The van der Waals surface area contributed by atoms with Crippen LogP contribution in [0, 0.1) is 13.8 Å². The van der Waals surface area contributed by atoms with E-state index in [1.54, 1.807) is 6.20 Å². The highest BCUT2D eigenvalue weighted by atomic mass is 16.3. The molecule has 0 aliphatic carbocycles. The molecule has 19 heavy (non-hydrogen) atoms. The number of aryl methyl sites for hydroxylation is 3. The topological polar surface area (TPSA) is 38.0 Å². The Labute approximate surface area is 114 Å². The van der Waals surface area contributed by atoms with Crippen molar-refractivity contribution >= 4 is 0 Å². The van der Waals surface area contributed by atoms with Crippen LogP contribution in [0.15, 0.2) is 30.6 Å². The average Bonchev–Trinajstić information content (AvgIpc) is 2.83. The van der Waals surface area contributed by atoms with Crippen molar-refractivity contribution in [2.45, 2.75) is 46.3 Å². The summed E-state index contributed by atoms with van der Waals surface area (Å²) in [6.45, 7) is 7.22. The summed E-state index contributed by atoms with van der Waals surface area (Å²) in [7, 11) is 0. The van der Waals surface area contributed by atoms with Crippen LogP contribution in [0.2, 0.25) is 0 Å². The molecule has 1 aromatic heterocycles. The number of benzene rings is 1. The Morgan fingerprint density at radius 1 is 1.26 bits per heavy atom. The van der Waals surface area contributed by atoms with Gasteiger partial charge in [-0.2, -0.15) is 5.10 Å². The maximum atomic E-state index is 10.3. The third-order valence-corrected chi connectivity index (χ3v) is 3.49. The standard InChI is InChI=1S/C16H22N2O/c1-4-7-18-11-15(10-17-18)16(19)9-14-6-5-12(2)13(3)8-14/h5-6,8,10-11,16,19H,4,7,9H2,1-3H3. The fourth-order valence-electron chi connectivity index (χ4n) is 2.17. The molecule has 1 aromatic carbocycles. The van der Waals surface area contributed by atoms with E-state index in [4.69, 9.17) is 0 Å².